The van der Waals surface area contributed by atoms with Crippen molar-refractivity contribution < 1.29 is 107 Å². The Balaban J connectivity index is 2.70. The number of nitrogens with two attached hydrogens (primary N) is 5. The van der Waals surface area contributed by atoms with Crippen molar-refractivity contribution >= 4 is 124 Å². The molecule has 0 saturated heterocycles. The highest BCUT2D eigenvalue weighted by Gasteiger charge is 2.32. The third-order valence-electron chi connectivity index (χ3n) is 18.5. The van der Waals surface area contributed by atoms with Crippen molar-refractivity contribution in [3.8, 4) is 0 Å². The highest BCUT2D eigenvalue weighted by molar-refractivity contribution is 5.97. The lowest BCUT2D eigenvalue weighted by atomic mass is 10.0. The first-order valence-electron chi connectivity index (χ1n) is 41.6. The maximum Gasteiger partial charge on any atom is 0.209 e. The summed E-state index contributed by atoms with van der Waals surface area (Å²) < 4.78 is 0. The maximum atomic E-state index is 11.9. The van der Waals surface area contributed by atoms with Crippen molar-refractivity contribution in [1.82, 2.24) is 10.6 Å². The van der Waals surface area contributed by atoms with Crippen LogP contribution < -0.4 is 39.3 Å². The van der Waals surface area contributed by atoms with Crippen molar-refractivity contribution in [1.29, 1.82) is 27.0 Å². The van der Waals surface area contributed by atoms with E-state index >= 15 is 0 Å². The second-order valence-electron chi connectivity index (χ2n) is 30.0. The number of guanidine groups is 2. The van der Waals surface area contributed by atoms with Gasteiger partial charge in [-0.1, -0.05) is 81.4 Å². The molecule has 2 rings (SSSR count). The van der Waals surface area contributed by atoms with E-state index in [1.54, 1.807) is 56.3 Å². The Morgan fingerprint density at radius 1 is 0.372 bits per heavy atom. The fourth-order valence-corrected chi connectivity index (χ4v) is 11.6. The van der Waals surface area contributed by atoms with E-state index < -0.39 is 247 Å². The van der Waals surface area contributed by atoms with Crippen LogP contribution in [0.25, 0.3) is 0 Å². The number of benzene rings is 2. The minimum absolute atomic E-state index is 0.0132. The molecule has 0 bridgehead atoms. The van der Waals surface area contributed by atoms with Gasteiger partial charge >= 0.3 is 0 Å². The van der Waals surface area contributed by atoms with E-state index in [9.17, 15) is 107 Å². The van der Waals surface area contributed by atoms with Crippen LogP contribution >= 0.6 is 0 Å². The van der Waals surface area contributed by atoms with Crippen molar-refractivity contribution in [2.75, 3.05) is 52.4 Å². The van der Waals surface area contributed by atoms with E-state index in [1.807, 2.05) is 18.2 Å². The topological polar surface area (TPSA) is 896 Å². The number of rotatable bonds is 63. The molecule has 2 aromatic carbocycles. The Morgan fingerprint density at radius 3 is 1.20 bits per heavy atom. The van der Waals surface area contributed by atoms with Gasteiger partial charge in [0.25, 0.3) is 0 Å². The highest BCUT2D eigenvalue weighted by atomic mass is 16.3. The van der Waals surface area contributed by atoms with Crippen molar-refractivity contribution in [3.63, 3.8) is 0 Å². The average molecular weight is 1820 g/mol. The van der Waals surface area contributed by atoms with Gasteiger partial charge in [0.15, 0.2) is 41.7 Å². The molecular formula is C80H132N28O21. The molecule has 0 aliphatic rings. The van der Waals surface area contributed by atoms with Crippen molar-refractivity contribution in [2.45, 2.75) is 241 Å². The van der Waals surface area contributed by atoms with Crippen LogP contribution in [-0.2, 0) is 12.8 Å². The molecular weight excluding hydrogens is 1690 g/mol. The van der Waals surface area contributed by atoms with Crippen molar-refractivity contribution in [2.24, 2.45) is 114 Å². The molecule has 0 aromatic heterocycles. The largest absolute Gasteiger partial charge is 0.497 e. The molecule has 0 aliphatic heterocycles. The molecule has 0 spiro atoms. The predicted octanol–water partition coefficient (Wildman–Crippen LogP) is 5.32. The third-order valence-corrected chi connectivity index (χ3v) is 18.5. The Morgan fingerprint density at radius 2 is 0.752 bits per heavy atom. The van der Waals surface area contributed by atoms with E-state index in [0.29, 0.717) is 18.4 Å². The summed E-state index contributed by atoms with van der Waals surface area (Å²) in [4.78, 5) is 65.3. The second-order valence-corrected chi connectivity index (χ2v) is 30.0. The Hall–Kier alpha value is -13.3. The molecule has 49 heteroatoms. The van der Waals surface area contributed by atoms with Crippen LogP contribution in [0.2, 0.25) is 0 Å². The standard InChI is InChI=1S/C80H132N28O21/c1-7-49(69(120)106-57(37-60(85)112)75(126)100-50(65(86)116)28-29-59(84)111)99-74(125)55(34-42(2)3)105-72(123)51(24-14-16-30-81)103-71(122)54(27-19-33-92-80(89)90)102-67(118)44(5)97-77(128)58(41-109)107-73(124)52(25-15-17-31-82)104-70(121)53(26-18-32-91-79(87)88)101-66(117)43(4)96-62(114)40-95-78(129)64(45(6)110)108-76(127)56(36-47-22-12-9-13-23-47)98-63(115)39-93-61(113)38-94-68(119)48(83)35-46-20-10-8-11-21-46/h8-13,20-23,42-45,48-58,64,109-110H,7,14-19,24-41,81-83H2,1-6H3,(H2,84,111)(H2,85,112)(H2,86,116)(H,93,113)(H,94,119)(H,95,129)(H,96,114)(H,97,128)(H,98,115)(H,99,125)(H,100,126)(H,101,117)(H,102,118)(H,103,122)(H,104,121)(H,105,123)(H,106,120)(H,107,124)(H,108,127)(H4,87,88,91)(H4,89,90,92)/t43-,44-,45+,48-,49-,50-,51-,52-,53-,54-,55-,56-,57-,58-,64-/m0/s1. The lowest BCUT2D eigenvalue weighted by molar-refractivity contribution is 0.178. The molecule has 0 amide bonds. The summed E-state index contributed by atoms with van der Waals surface area (Å²) in [6.45, 7) is 6.04. The van der Waals surface area contributed by atoms with Gasteiger partial charge in [0.1, 0.15) is 86.1 Å². The van der Waals surface area contributed by atoms with Crippen LogP contribution in [-0.4, -0.2) is 374 Å². The summed E-state index contributed by atoms with van der Waals surface area (Å²) in [5.74, 6) is -17.0. The minimum atomic E-state index is -1.82. The normalized spacial score (nSPS) is 17.6. The van der Waals surface area contributed by atoms with Gasteiger partial charge in [0.2, 0.25) is 94.4 Å². The first-order chi connectivity index (χ1) is 60.9. The molecule has 718 valence electrons. The predicted molar refractivity (Wildman–Crippen MR) is 502 cm³/mol. The second kappa shape index (κ2) is 60.4. The maximum absolute atomic E-state index is 11.9. The van der Waals surface area contributed by atoms with Gasteiger partial charge in [0.05, 0.1) is 25.2 Å². The SMILES string of the molecule is CC[C@H](N=C(O)[C@H](CC(C)C)N=C(O)[C@H](CCCCN)N=C(O)[C@H](CCCNC(=N)N)N=C(O)[C@H](C)N=C(O)[C@H](CO)N=C(O)[C@H](CCCCN)N=C(O)[C@H](CCCNC(=N)N)N=C(O)[C@H](C)N=C(O)CN=C(O)[C@@H](N=C(O)[C@H](Cc1ccccc1)N=C(O)CN=C(O)CN=C(O)[C@@H](N)Cc1ccccc1)[C@@H](C)O)C(O)=N[C@@H](CC(=N)O)C(O)=N[C@@H](CCC(=N)O)C(=N)O. The van der Waals surface area contributed by atoms with Crippen LogP contribution in [0.4, 0.5) is 0 Å². The molecule has 0 saturated carbocycles. The van der Waals surface area contributed by atoms with Crippen molar-refractivity contribution in [3.05, 3.63) is 71.8 Å². The summed E-state index contributed by atoms with van der Waals surface area (Å²) in [6, 6.07) is -3.26. The van der Waals surface area contributed by atoms with Gasteiger partial charge in [-0.3, -0.25) is 27.0 Å². The van der Waals surface area contributed by atoms with Crippen LogP contribution in [0.5, 0.6) is 0 Å². The molecule has 0 aliphatic carbocycles. The molecule has 2 aromatic rings. The Kier molecular flexibility index (Phi) is 52.3. The third kappa shape index (κ3) is 45.6. The van der Waals surface area contributed by atoms with Gasteiger partial charge in [-0.15, -0.1) is 0 Å². The first-order valence-corrected chi connectivity index (χ1v) is 41.6. The quantitative estimate of drug-likeness (QED) is 0.0226. The summed E-state index contributed by atoms with van der Waals surface area (Å²) in [6.07, 6.45) is -2.12. The smallest absolute Gasteiger partial charge is 0.209 e. The molecule has 129 heavy (non-hydrogen) atoms. The van der Waals surface area contributed by atoms with E-state index in [1.165, 1.54) is 27.7 Å². The number of nitrogens with one attached hydrogen (secondary N) is 7. The fraction of sp³-hybridized carbons (Fsp3) is 0.588. The van der Waals surface area contributed by atoms with Crippen LogP contribution in [0.3, 0.4) is 0 Å². The highest BCUT2D eigenvalue weighted by Crippen LogP contribution is 2.21. The van der Waals surface area contributed by atoms with Gasteiger partial charge < -0.3 is 147 Å². The number of unbranched alkanes of at least 4 members (excludes halogenated alkanes) is 2. The van der Waals surface area contributed by atoms with Crippen LogP contribution in [0.1, 0.15) is 149 Å². The fourth-order valence-electron chi connectivity index (χ4n) is 11.6. The van der Waals surface area contributed by atoms with E-state index in [4.69, 9.17) is 55.7 Å². The summed E-state index contributed by atoms with van der Waals surface area (Å²) in [7, 11) is 0. The molecule has 38 N–H and O–H groups in total. The Bertz CT molecular complexity index is 4370. The molecule has 49 nitrogen and oxygen atoms in total. The minimum Gasteiger partial charge on any atom is -0.497 e. The monoisotopic (exact) mass is 1820 g/mol. The van der Waals surface area contributed by atoms with Crippen LogP contribution in [0, 0.1) is 33.0 Å². The summed E-state index contributed by atoms with van der Waals surface area (Å²) >= 11 is 0. The zero-order chi connectivity index (χ0) is 97.0. The lowest BCUT2D eigenvalue weighted by Gasteiger charge is -2.20. The lowest BCUT2D eigenvalue weighted by Crippen LogP contribution is -2.34. The molecule has 0 fully saturated rings. The van der Waals surface area contributed by atoms with E-state index in [2.05, 4.69) is 90.5 Å². The number of aliphatic imine (C=N–C) groups is 16. The van der Waals surface area contributed by atoms with Gasteiger partial charge in [-0.25, -0.2) is 79.9 Å². The van der Waals surface area contributed by atoms with Gasteiger partial charge in [-0.2, -0.15) is 0 Å². The average Bonchev–Trinajstić information content (AvgIpc) is 0.860. The number of hydrogen-bond acceptors (Lipinski definition) is 26. The van der Waals surface area contributed by atoms with E-state index in [0.717, 1.165) is 5.56 Å². The summed E-state index contributed by atoms with van der Waals surface area (Å²) in [5, 5.41) is 274. The first kappa shape index (κ1) is 112. The molecule has 15 atom stereocenters. The van der Waals surface area contributed by atoms with Crippen LogP contribution in [0.15, 0.2) is 141 Å². The van der Waals surface area contributed by atoms with Gasteiger partial charge in [-0.05, 0) is 141 Å². The van der Waals surface area contributed by atoms with Gasteiger partial charge in [0, 0.05) is 25.9 Å². The number of hydrogen-bond donors (Lipinski definition) is 33. The molecule has 0 unspecified atom stereocenters. The zero-order valence-corrected chi connectivity index (χ0v) is 73.1. The number of aliphatic hydroxyl groups excluding tert-OH is 21. The summed E-state index contributed by atoms with van der Waals surface area (Å²) in [5.41, 5.74) is 30.1. The zero-order valence-electron chi connectivity index (χ0n) is 73.1. The number of aliphatic hydroxyl groups is 21. The Labute approximate surface area is 746 Å². The molecule has 0 heterocycles. The molecule has 0 radical (unpaired) electrons. The van der Waals surface area contributed by atoms with E-state index in [-0.39, 0.29) is 122 Å². The number of nitrogens with zero attached hydrogens (tertiary/aromatic N) is 16.